The van der Waals surface area contributed by atoms with Gasteiger partial charge >= 0.3 is 6.09 Å². The maximum atomic E-state index is 11.8. The molecule has 0 atom stereocenters. The maximum absolute atomic E-state index is 11.8. The molecule has 0 radical (unpaired) electrons. The molecule has 0 aliphatic carbocycles. The van der Waals surface area contributed by atoms with E-state index >= 15 is 0 Å². The van der Waals surface area contributed by atoms with Crippen molar-refractivity contribution in [3.63, 3.8) is 0 Å². The number of rotatable bonds is 7. The van der Waals surface area contributed by atoms with Crippen LogP contribution in [0.4, 0.5) is 4.79 Å². The van der Waals surface area contributed by atoms with Crippen molar-refractivity contribution in [2.75, 3.05) is 39.4 Å². The highest BCUT2D eigenvalue weighted by atomic mass is 16.6. The molecule has 3 N–H and O–H groups in total. The summed E-state index contributed by atoms with van der Waals surface area (Å²) in [4.78, 5) is 16.7. The third-order valence-electron chi connectivity index (χ3n) is 5.14. The molecule has 1 aliphatic heterocycles. The van der Waals surface area contributed by atoms with E-state index < -0.39 is 11.7 Å². The zero-order chi connectivity index (χ0) is 22.0. The van der Waals surface area contributed by atoms with Crippen molar-refractivity contribution < 1.29 is 14.3 Å². The Kier molecular flexibility index (Phi) is 8.96. The number of aryl methyl sites for hydroxylation is 1. The Morgan fingerprint density at radius 2 is 1.80 bits per heavy atom. The minimum atomic E-state index is -0.499. The minimum absolute atomic E-state index is 0.0132. The predicted molar refractivity (Wildman–Crippen MR) is 121 cm³/mol. The van der Waals surface area contributed by atoms with Gasteiger partial charge in [-0.2, -0.15) is 0 Å². The Labute approximate surface area is 181 Å². The van der Waals surface area contributed by atoms with Gasteiger partial charge in [-0.15, -0.1) is 0 Å². The maximum Gasteiger partial charge on any atom is 0.407 e. The van der Waals surface area contributed by atoms with Gasteiger partial charge in [0.1, 0.15) is 5.60 Å². The Morgan fingerprint density at radius 3 is 2.43 bits per heavy atom. The second kappa shape index (κ2) is 11.2. The predicted octanol–water partition coefficient (Wildman–Crippen LogP) is 3.12. The summed E-state index contributed by atoms with van der Waals surface area (Å²) < 4.78 is 10.9. The van der Waals surface area contributed by atoms with Gasteiger partial charge in [-0.25, -0.2) is 4.79 Å². The van der Waals surface area contributed by atoms with Crippen molar-refractivity contribution in [2.24, 2.45) is 4.99 Å². The van der Waals surface area contributed by atoms with Crippen LogP contribution in [0.15, 0.2) is 29.3 Å². The lowest BCUT2D eigenvalue weighted by atomic mass is 9.72. The van der Waals surface area contributed by atoms with Gasteiger partial charge in [0.05, 0.1) is 6.54 Å². The molecule has 0 spiro atoms. The lowest BCUT2D eigenvalue weighted by Gasteiger charge is -2.37. The summed E-state index contributed by atoms with van der Waals surface area (Å²) in [7, 11) is 0. The average molecular weight is 419 g/mol. The van der Waals surface area contributed by atoms with E-state index in [-0.39, 0.29) is 5.41 Å². The normalized spacial score (nSPS) is 16.6. The quantitative estimate of drug-likeness (QED) is 0.360. The van der Waals surface area contributed by atoms with Crippen molar-refractivity contribution in [1.82, 2.24) is 16.0 Å². The van der Waals surface area contributed by atoms with E-state index in [2.05, 4.69) is 47.1 Å². The first-order valence-corrected chi connectivity index (χ1v) is 10.9. The summed E-state index contributed by atoms with van der Waals surface area (Å²) in [6.07, 6.45) is 1.51. The molecule has 7 nitrogen and oxygen atoms in total. The number of amides is 1. The van der Waals surface area contributed by atoms with Crippen molar-refractivity contribution in [3.8, 4) is 0 Å². The van der Waals surface area contributed by atoms with Gasteiger partial charge in [-0.05, 0) is 58.6 Å². The molecule has 0 saturated carbocycles. The molecule has 0 unspecified atom stereocenters. The number of aliphatic imine (C=N–C) groups is 1. The van der Waals surface area contributed by atoms with Crippen LogP contribution in [-0.4, -0.2) is 57.0 Å². The molecule has 1 aromatic rings. The molecule has 0 bridgehead atoms. The topological polar surface area (TPSA) is 84.0 Å². The number of hydrogen-bond acceptors (Lipinski definition) is 4. The number of hydrogen-bond donors (Lipinski definition) is 3. The van der Waals surface area contributed by atoms with Crippen molar-refractivity contribution in [3.05, 3.63) is 35.4 Å². The Balaban J connectivity index is 1.99. The number of nitrogens with one attached hydrogen (secondary N) is 3. The first-order chi connectivity index (χ1) is 14.3. The standard InChI is InChI=1S/C23H38N4O3/c1-6-24-20(25-13-14-26-21(28)30-22(3,4)5)27-17-23(11-15-29-16-12-23)19-10-8-7-9-18(19)2/h7-10H,6,11-17H2,1-5H3,(H,26,28)(H2,24,25,27). The van der Waals surface area contributed by atoms with Crippen LogP contribution in [0.5, 0.6) is 0 Å². The van der Waals surface area contributed by atoms with Crippen LogP contribution in [0, 0.1) is 6.92 Å². The number of alkyl carbamates (subject to hydrolysis) is 1. The fourth-order valence-electron chi connectivity index (χ4n) is 3.67. The zero-order valence-corrected chi connectivity index (χ0v) is 19.1. The van der Waals surface area contributed by atoms with Gasteiger partial charge in [0.15, 0.2) is 5.96 Å². The van der Waals surface area contributed by atoms with Crippen molar-refractivity contribution >= 4 is 12.1 Å². The van der Waals surface area contributed by atoms with Gasteiger partial charge in [-0.1, -0.05) is 24.3 Å². The lowest BCUT2D eigenvalue weighted by Crippen LogP contribution is -2.44. The molecule has 1 amide bonds. The highest BCUT2D eigenvalue weighted by Gasteiger charge is 2.35. The van der Waals surface area contributed by atoms with Crippen LogP contribution in [0.2, 0.25) is 0 Å². The fraction of sp³-hybridized carbons (Fsp3) is 0.652. The number of benzene rings is 1. The van der Waals surface area contributed by atoms with Gasteiger partial charge in [0.25, 0.3) is 0 Å². The Bertz CT molecular complexity index is 707. The van der Waals surface area contributed by atoms with Gasteiger partial charge in [-0.3, -0.25) is 4.99 Å². The molecule has 7 heteroatoms. The van der Waals surface area contributed by atoms with E-state index in [1.165, 1.54) is 11.1 Å². The number of carbonyl (C=O) groups excluding carboxylic acids is 1. The highest BCUT2D eigenvalue weighted by Crippen LogP contribution is 2.37. The van der Waals surface area contributed by atoms with E-state index in [0.717, 1.165) is 38.6 Å². The monoisotopic (exact) mass is 418 g/mol. The molecule has 1 heterocycles. The molecule has 1 aromatic carbocycles. The first kappa shape index (κ1) is 24.0. The molecule has 2 rings (SSSR count). The summed E-state index contributed by atoms with van der Waals surface area (Å²) in [5.74, 6) is 0.753. The molecule has 0 aromatic heterocycles. The summed E-state index contributed by atoms with van der Waals surface area (Å²) in [6.45, 7) is 13.7. The van der Waals surface area contributed by atoms with Crippen LogP contribution in [-0.2, 0) is 14.9 Å². The van der Waals surface area contributed by atoms with E-state index in [1.54, 1.807) is 0 Å². The lowest BCUT2D eigenvalue weighted by molar-refractivity contribution is 0.0526. The third-order valence-corrected chi connectivity index (χ3v) is 5.14. The van der Waals surface area contributed by atoms with E-state index in [0.29, 0.717) is 19.6 Å². The first-order valence-electron chi connectivity index (χ1n) is 10.9. The molecule has 1 aliphatic rings. The van der Waals surface area contributed by atoms with Crippen LogP contribution >= 0.6 is 0 Å². The second-order valence-corrected chi connectivity index (χ2v) is 8.76. The molecular weight excluding hydrogens is 380 g/mol. The smallest absolute Gasteiger partial charge is 0.407 e. The summed E-state index contributed by atoms with van der Waals surface area (Å²) in [5, 5.41) is 9.35. The third kappa shape index (κ3) is 7.52. The van der Waals surface area contributed by atoms with Gasteiger partial charge in [0, 0.05) is 38.3 Å². The van der Waals surface area contributed by atoms with Crippen LogP contribution < -0.4 is 16.0 Å². The Morgan fingerprint density at radius 1 is 1.13 bits per heavy atom. The zero-order valence-electron chi connectivity index (χ0n) is 19.1. The van der Waals surface area contributed by atoms with Crippen molar-refractivity contribution in [2.45, 2.75) is 58.5 Å². The minimum Gasteiger partial charge on any atom is -0.444 e. The van der Waals surface area contributed by atoms with E-state index in [4.69, 9.17) is 14.5 Å². The SMILES string of the molecule is CCNC(=NCC1(c2ccccc2C)CCOCC1)NCCNC(=O)OC(C)(C)C. The van der Waals surface area contributed by atoms with E-state index in [1.807, 2.05) is 27.7 Å². The van der Waals surface area contributed by atoms with Crippen LogP contribution in [0.3, 0.4) is 0 Å². The molecule has 168 valence electrons. The number of nitrogens with zero attached hydrogens (tertiary/aromatic N) is 1. The highest BCUT2D eigenvalue weighted by molar-refractivity contribution is 5.79. The molecular formula is C23H38N4O3. The van der Waals surface area contributed by atoms with Crippen molar-refractivity contribution in [1.29, 1.82) is 0 Å². The average Bonchev–Trinajstić information content (AvgIpc) is 2.69. The van der Waals surface area contributed by atoms with Gasteiger partial charge in [0.2, 0.25) is 0 Å². The molecule has 1 saturated heterocycles. The van der Waals surface area contributed by atoms with Gasteiger partial charge < -0.3 is 25.4 Å². The Hall–Kier alpha value is -2.28. The fourth-order valence-corrected chi connectivity index (χ4v) is 3.67. The molecule has 30 heavy (non-hydrogen) atoms. The summed E-state index contributed by atoms with van der Waals surface area (Å²) in [5.41, 5.74) is 2.15. The number of carbonyl (C=O) groups is 1. The van der Waals surface area contributed by atoms with Crippen LogP contribution in [0.1, 0.15) is 51.7 Å². The largest absolute Gasteiger partial charge is 0.444 e. The molecule has 1 fully saturated rings. The number of guanidine groups is 1. The summed E-state index contributed by atoms with van der Waals surface area (Å²) in [6, 6.07) is 8.58. The van der Waals surface area contributed by atoms with Crippen LogP contribution in [0.25, 0.3) is 0 Å². The van der Waals surface area contributed by atoms with E-state index in [9.17, 15) is 4.79 Å². The second-order valence-electron chi connectivity index (χ2n) is 8.76. The number of ether oxygens (including phenoxy) is 2. The summed E-state index contributed by atoms with van der Waals surface area (Å²) >= 11 is 0.